The van der Waals surface area contributed by atoms with Crippen LogP contribution in [0.4, 0.5) is 0 Å². The normalized spacial score (nSPS) is 21.9. The van der Waals surface area contributed by atoms with Crippen LogP contribution in [0.5, 0.6) is 0 Å². The minimum atomic E-state index is -3.32. The fourth-order valence-electron chi connectivity index (χ4n) is 1.71. The molecular formula is C10H23N3O2S2. The van der Waals surface area contributed by atoms with E-state index >= 15 is 0 Å². The van der Waals surface area contributed by atoms with Crippen molar-refractivity contribution in [2.75, 3.05) is 32.4 Å². The number of hydrogen-bond acceptors (Lipinski definition) is 4. The molecule has 1 aliphatic heterocycles. The molecule has 7 heteroatoms. The zero-order chi connectivity index (χ0) is 12.7. The lowest BCUT2D eigenvalue weighted by atomic mass is 10.2. The second-order valence-electron chi connectivity index (χ2n) is 4.31. The summed E-state index contributed by atoms with van der Waals surface area (Å²) in [6, 6.07) is 0. The van der Waals surface area contributed by atoms with Crippen molar-refractivity contribution in [1.82, 2.24) is 9.03 Å². The van der Waals surface area contributed by atoms with E-state index in [2.05, 4.69) is 4.72 Å². The van der Waals surface area contributed by atoms with Gasteiger partial charge in [0.15, 0.2) is 0 Å². The van der Waals surface area contributed by atoms with E-state index in [0.717, 1.165) is 12.2 Å². The molecule has 0 aliphatic carbocycles. The zero-order valence-corrected chi connectivity index (χ0v) is 12.0. The zero-order valence-electron chi connectivity index (χ0n) is 10.4. The maximum Gasteiger partial charge on any atom is 0.279 e. The molecule has 1 saturated heterocycles. The Hall–Kier alpha value is 0.180. The lowest BCUT2D eigenvalue weighted by Gasteiger charge is -2.23. The highest BCUT2D eigenvalue weighted by atomic mass is 32.2. The standard InChI is InChI=1S/C10H23N3O2S2/c1-13(7-4-6-11)17(14,15)12-9-10-5-2-3-8-16-10/h10,12H,2-9,11H2,1H3. The SMILES string of the molecule is CN(CCCN)S(=O)(=O)NCC1CCCCS1. The molecule has 0 spiro atoms. The van der Waals surface area contributed by atoms with E-state index in [9.17, 15) is 8.42 Å². The summed E-state index contributed by atoms with van der Waals surface area (Å²) in [5, 5.41) is 0.432. The largest absolute Gasteiger partial charge is 0.330 e. The summed E-state index contributed by atoms with van der Waals surface area (Å²) in [5.74, 6) is 1.15. The highest BCUT2D eigenvalue weighted by Gasteiger charge is 2.20. The van der Waals surface area contributed by atoms with Crippen LogP contribution >= 0.6 is 11.8 Å². The number of thioether (sulfide) groups is 1. The summed E-state index contributed by atoms with van der Waals surface area (Å²) in [4.78, 5) is 0. The van der Waals surface area contributed by atoms with Crippen LogP contribution < -0.4 is 10.5 Å². The molecule has 1 rings (SSSR count). The van der Waals surface area contributed by atoms with Crippen molar-refractivity contribution in [3.63, 3.8) is 0 Å². The molecule has 0 bridgehead atoms. The van der Waals surface area contributed by atoms with Crippen LogP contribution in [0, 0.1) is 0 Å². The van der Waals surface area contributed by atoms with Crippen molar-refractivity contribution >= 4 is 22.0 Å². The second kappa shape index (κ2) is 7.58. The van der Waals surface area contributed by atoms with Crippen molar-refractivity contribution in [2.45, 2.75) is 30.9 Å². The van der Waals surface area contributed by atoms with Gasteiger partial charge in [0.25, 0.3) is 10.2 Å². The molecule has 5 nitrogen and oxygen atoms in total. The summed E-state index contributed by atoms with van der Waals surface area (Å²) in [7, 11) is -1.73. The molecule has 0 aromatic rings. The van der Waals surface area contributed by atoms with E-state index in [1.54, 1.807) is 7.05 Å². The molecule has 1 aliphatic rings. The molecule has 17 heavy (non-hydrogen) atoms. The average molecular weight is 281 g/mol. The minimum Gasteiger partial charge on any atom is -0.330 e. The smallest absolute Gasteiger partial charge is 0.279 e. The van der Waals surface area contributed by atoms with Crippen molar-refractivity contribution in [3.8, 4) is 0 Å². The van der Waals surface area contributed by atoms with Gasteiger partial charge in [-0.05, 0) is 31.6 Å². The molecule has 0 amide bonds. The van der Waals surface area contributed by atoms with Crippen LogP contribution in [-0.2, 0) is 10.2 Å². The van der Waals surface area contributed by atoms with Crippen LogP contribution in [0.3, 0.4) is 0 Å². The molecule has 1 atom stereocenters. The molecule has 102 valence electrons. The van der Waals surface area contributed by atoms with E-state index in [0.29, 0.717) is 31.3 Å². The monoisotopic (exact) mass is 281 g/mol. The maximum atomic E-state index is 11.8. The molecule has 3 N–H and O–H groups in total. The predicted molar refractivity (Wildman–Crippen MR) is 73.3 cm³/mol. The van der Waals surface area contributed by atoms with Gasteiger partial charge in [0, 0.05) is 25.4 Å². The third-order valence-electron chi connectivity index (χ3n) is 2.85. The first kappa shape index (κ1) is 15.2. The first-order chi connectivity index (χ1) is 8.06. The molecule has 1 unspecified atom stereocenters. The van der Waals surface area contributed by atoms with Gasteiger partial charge in [-0.15, -0.1) is 0 Å². The lowest BCUT2D eigenvalue weighted by Crippen LogP contribution is -2.42. The maximum absolute atomic E-state index is 11.8. The summed E-state index contributed by atoms with van der Waals surface area (Å²) in [6.45, 7) is 1.53. The quantitative estimate of drug-likeness (QED) is 0.708. The second-order valence-corrected chi connectivity index (χ2v) is 7.58. The van der Waals surface area contributed by atoms with Gasteiger partial charge < -0.3 is 5.73 Å². The van der Waals surface area contributed by atoms with E-state index in [1.165, 1.54) is 17.1 Å². The molecule has 1 fully saturated rings. The van der Waals surface area contributed by atoms with Gasteiger partial charge in [-0.1, -0.05) is 6.42 Å². The Morgan fingerprint density at radius 2 is 2.24 bits per heavy atom. The van der Waals surface area contributed by atoms with Crippen LogP contribution in [0.1, 0.15) is 25.7 Å². The third-order valence-corrected chi connectivity index (χ3v) is 5.79. The van der Waals surface area contributed by atoms with Crippen molar-refractivity contribution < 1.29 is 8.42 Å². The fourth-order valence-corrected chi connectivity index (χ4v) is 4.06. The Bertz CT molecular complexity index is 303. The van der Waals surface area contributed by atoms with Gasteiger partial charge in [-0.25, -0.2) is 4.72 Å². The average Bonchev–Trinajstić information content (AvgIpc) is 2.35. The summed E-state index contributed by atoms with van der Waals surface area (Å²) >= 11 is 1.87. The van der Waals surface area contributed by atoms with Crippen LogP contribution in [0.15, 0.2) is 0 Å². The Morgan fingerprint density at radius 3 is 2.82 bits per heavy atom. The lowest BCUT2D eigenvalue weighted by molar-refractivity contribution is 0.451. The highest BCUT2D eigenvalue weighted by molar-refractivity contribution is 8.00. The highest BCUT2D eigenvalue weighted by Crippen LogP contribution is 2.24. The van der Waals surface area contributed by atoms with Gasteiger partial charge in [0.05, 0.1) is 0 Å². The van der Waals surface area contributed by atoms with Gasteiger partial charge in [0.1, 0.15) is 0 Å². The predicted octanol–water partition coefficient (Wildman–Crippen LogP) is 0.387. The number of nitrogens with zero attached hydrogens (tertiary/aromatic N) is 1. The van der Waals surface area contributed by atoms with Crippen molar-refractivity contribution in [2.24, 2.45) is 5.73 Å². The topological polar surface area (TPSA) is 75.4 Å². The van der Waals surface area contributed by atoms with Gasteiger partial charge in [0.2, 0.25) is 0 Å². The number of nitrogens with one attached hydrogen (secondary N) is 1. The first-order valence-electron chi connectivity index (χ1n) is 6.09. The van der Waals surface area contributed by atoms with E-state index in [1.807, 2.05) is 11.8 Å². The molecule has 1 heterocycles. The van der Waals surface area contributed by atoms with Crippen LogP contribution in [-0.4, -0.2) is 50.4 Å². The van der Waals surface area contributed by atoms with E-state index in [4.69, 9.17) is 5.73 Å². The van der Waals surface area contributed by atoms with Crippen molar-refractivity contribution in [1.29, 1.82) is 0 Å². The van der Waals surface area contributed by atoms with Gasteiger partial charge in [-0.3, -0.25) is 0 Å². The Balaban J connectivity index is 2.32. The molecule has 0 aromatic heterocycles. The molecular weight excluding hydrogens is 258 g/mol. The summed E-state index contributed by atoms with van der Waals surface area (Å²) in [6.07, 6.45) is 4.27. The van der Waals surface area contributed by atoms with Gasteiger partial charge >= 0.3 is 0 Å². The summed E-state index contributed by atoms with van der Waals surface area (Å²) < 4.78 is 27.7. The fraction of sp³-hybridized carbons (Fsp3) is 1.00. The minimum absolute atomic E-state index is 0.432. The van der Waals surface area contributed by atoms with E-state index in [-0.39, 0.29) is 0 Å². The number of nitrogens with two attached hydrogens (primary N) is 1. The molecule has 0 radical (unpaired) electrons. The summed E-state index contributed by atoms with van der Waals surface area (Å²) in [5.41, 5.74) is 5.37. The van der Waals surface area contributed by atoms with Crippen molar-refractivity contribution in [3.05, 3.63) is 0 Å². The van der Waals surface area contributed by atoms with Gasteiger partial charge in [-0.2, -0.15) is 24.5 Å². The van der Waals surface area contributed by atoms with Crippen LogP contribution in [0.25, 0.3) is 0 Å². The Labute approximate surface area is 109 Å². The Kier molecular flexibility index (Phi) is 6.79. The molecule has 0 saturated carbocycles. The number of rotatable bonds is 7. The first-order valence-corrected chi connectivity index (χ1v) is 8.57. The third kappa shape index (κ3) is 5.56. The molecule has 0 aromatic carbocycles. The number of hydrogen-bond donors (Lipinski definition) is 2. The van der Waals surface area contributed by atoms with E-state index < -0.39 is 10.2 Å². The van der Waals surface area contributed by atoms with Crippen LogP contribution in [0.2, 0.25) is 0 Å². The Morgan fingerprint density at radius 1 is 1.47 bits per heavy atom.